The van der Waals surface area contributed by atoms with E-state index in [4.69, 9.17) is 17.3 Å². The van der Waals surface area contributed by atoms with E-state index < -0.39 is 38.5 Å². The van der Waals surface area contributed by atoms with Gasteiger partial charge in [0.15, 0.2) is 5.82 Å². The number of anilines is 1. The van der Waals surface area contributed by atoms with Crippen LogP contribution in [0.3, 0.4) is 0 Å². The fraction of sp³-hybridized carbons (Fsp3) is 0.125. The number of benzene rings is 1. The maximum absolute atomic E-state index is 13.3. The highest BCUT2D eigenvalue weighted by Gasteiger charge is 2.36. The molecule has 0 atom stereocenters. The first-order valence-corrected chi connectivity index (χ1v) is 4.88. The Bertz CT molecular complexity index is 460. The monoisotopic (exact) mass is 319 g/mol. The number of rotatable bonds is 1. The lowest BCUT2D eigenvalue weighted by Crippen LogP contribution is -2.11. The third-order valence-corrected chi connectivity index (χ3v) is 2.74. The highest BCUT2D eigenvalue weighted by molar-refractivity contribution is 9.10. The van der Waals surface area contributed by atoms with Crippen molar-refractivity contribution in [3.05, 3.63) is 27.5 Å². The minimum absolute atomic E-state index is 0.401. The van der Waals surface area contributed by atoms with Gasteiger partial charge in [-0.15, -0.1) is 0 Å². The van der Waals surface area contributed by atoms with Crippen molar-refractivity contribution in [3.8, 4) is 0 Å². The van der Waals surface area contributed by atoms with Gasteiger partial charge in [-0.25, -0.2) is 4.39 Å². The van der Waals surface area contributed by atoms with Gasteiger partial charge >= 0.3 is 6.18 Å². The molecule has 2 nitrogen and oxygen atoms in total. The fourth-order valence-corrected chi connectivity index (χ4v) is 1.72. The summed E-state index contributed by atoms with van der Waals surface area (Å²) in [5.41, 5.74) is 2.34. The summed E-state index contributed by atoms with van der Waals surface area (Å²) in [6, 6.07) is 0.401. The molecule has 0 unspecified atom stereocenters. The molecule has 0 heterocycles. The van der Waals surface area contributed by atoms with Crippen LogP contribution in [0.1, 0.15) is 15.9 Å². The summed E-state index contributed by atoms with van der Waals surface area (Å²) in [6.07, 6.45) is -4.81. The number of alkyl halides is 3. The van der Waals surface area contributed by atoms with E-state index in [-0.39, 0.29) is 0 Å². The first-order valence-electron chi connectivity index (χ1n) is 3.70. The zero-order valence-electron chi connectivity index (χ0n) is 7.33. The summed E-state index contributed by atoms with van der Waals surface area (Å²) in [4.78, 5) is 10.7. The minimum atomic E-state index is -4.81. The Morgan fingerprint density at radius 3 is 2.31 bits per heavy atom. The fourth-order valence-electron chi connectivity index (χ4n) is 1.01. The Labute approximate surface area is 100 Å². The van der Waals surface area contributed by atoms with Crippen molar-refractivity contribution in [2.75, 3.05) is 5.73 Å². The van der Waals surface area contributed by atoms with E-state index in [1.165, 1.54) is 0 Å². The molecule has 0 spiro atoms. The Balaban J connectivity index is 3.61. The number of hydrogen-bond donors (Lipinski definition) is 1. The molecule has 1 aromatic rings. The molecule has 8 heteroatoms. The summed E-state index contributed by atoms with van der Waals surface area (Å²) in [5.74, 6) is -1.36. The van der Waals surface area contributed by atoms with Gasteiger partial charge in [0.05, 0.1) is 21.3 Å². The van der Waals surface area contributed by atoms with Crippen molar-refractivity contribution < 1.29 is 22.4 Å². The first-order chi connectivity index (χ1) is 7.16. The van der Waals surface area contributed by atoms with Crippen LogP contribution in [0.15, 0.2) is 10.5 Å². The van der Waals surface area contributed by atoms with Crippen LogP contribution >= 0.6 is 27.5 Å². The smallest absolute Gasteiger partial charge is 0.396 e. The van der Waals surface area contributed by atoms with E-state index in [9.17, 15) is 22.4 Å². The Morgan fingerprint density at radius 2 is 1.94 bits per heavy atom. The molecule has 16 heavy (non-hydrogen) atoms. The number of hydrogen-bond acceptors (Lipinski definition) is 2. The quantitative estimate of drug-likeness (QED) is 0.488. The third-order valence-electron chi connectivity index (χ3n) is 1.76. The zero-order chi connectivity index (χ0) is 12.7. The Morgan fingerprint density at radius 1 is 1.44 bits per heavy atom. The van der Waals surface area contributed by atoms with Crippen molar-refractivity contribution in [2.45, 2.75) is 6.18 Å². The second-order valence-corrected chi connectivity index (χ2v) is 3.92. The van der Waals surface area contributed by atoms with Crippen LogP contribution in [0, 0.1) is 5.82 Å². The van der Waals surface area contributed by atoms with Crippen LogP contribution < -0.4 is 5.73 Å². The number of halogens is 6. The number of nitrogens with two attached hydrogens (primary N) is 1. The van der Waals surface area contributed by atoms with Gasteiger partial charge in [-0.2, -0.15) is 13.2 Å². The van der Waals surface area contributed by atoms with Gasteiger partial charge in [0.1, 0.15) is 0 Å². The van der Waals surface area contributed by atoms with Crippen LogP contribution in [0.4, 0.5) is 23.2 Å². The molecule has 0 aliphatic rings. The summed E-state index contributed by atoms with van der Waals surface area (Å²) >= 11 is 7.41. The van der Waals surface area contributed by atoms with Gasteiger partial charge in [-0.3, -0.25) is 4.79 Å². The molecule has 2 N–H and O–H groups in total. The summed E-state index contributed by atoms with van der Waals surface area (Å²) < 4.78 is 49.6. The van der Waals surface area contributed by atoms with Crippen molar-refractivity contribution in [1.29, 1.82) is 0 Å². The van der Waals surface area contributed by atoms with E-state index in [1.54, 1.807) is 0 Å². The largest absolute Gasteiger partial charge is 0.417 e. The topological polar surface area (TPSA) is 43.1 Å². The average molecular weight is 320 g/mol. The van der Waals surface area contributed by atoms with E-state index in [0.717, 1.165) is 0 Å². The number of nitrogen functional groups attached to an aromatic ring is 1. The predicted molar refractivity (Wildman–Crippen MR) is 53.7 cm³/mol. The Hall–Kier alpha value is -0.820. The predicted octanol–water partition coefficient (Wildman–Crippen LogP) is 3.57. The lowest BCUT2D eigenvalue weighted by atomic mass is 10.1. The van der Waals surface area contributed by atoms with Crippen LogP contribution in [0.25, 0.3) is 0 Å². The number of carbonyl (C=O) groups excluding carboxylic acids is 1. The van der Waals surface area contributed by atoms with Crippen LogP contribution in [0.5, 0.6) is 0 Å². The average Bonchev–Trinajstić information content (AvgIpc) is 2.11. The molecule has 0 saturated carbocycles. The molecule has 0 fully saturated rings. The molecule has 0 radical (unpaired) electrons. The van der Waals surface area contributed by atoms with Crippen LogP contribution in [-0.2, 0) is 6.18 Å². The van der Waals surface area contributed by atoms with E-state index >= 15 is 0 Å². The van der Waals surface area contributed by atoms with Crippen LogP contribution in [0.2, 0.25) is 0 Å². The van der Waals surface area contributed by atoms with Crippen LogP contribution in [-0.4, -0.2) is 5.24 Å². The second-order valence-electron chi connectivity index (χ2n) is 2.78. The molecule has 1 aromatic carbocycles. The van der Waals surface area contributed by atoms with Crippen molar-refractivity contribution in [1.82, 2.24) is 0 Å². The standard InChI is InChI=1S/C8H3BrClF4NO/c9-4-3(8(12,13)14)1-2(7(10)16)6(15)5(4)11/h1H,15H2. The second kappa shape index (κ2) is 4.21. The summed E-state index contributed by atoms with van der Waals surface area (Å²) in [7, 11) is 0. The maximum atomic E-state index is 13.3. The molecule has 1 rings (SSSR count). The lowest BCUT2D eigenvalue weighted by molar-refractivity contribution is -0.138. The summed E-state index contributed by atoms with van der Waals surface area (Å²) in [6.45, 7) is 0. The minimum Gasteiger partial charge on any atom is -0.396 e. The molecule has 0 bridgehead atoms. The lowest BCUT2D eigenvalue weighted by Gasteiger charge is -2.12. The molecular weight excluding hydrogens is 317 g/mol. The first kappa shape index (κ1) is 13.2. The SMILES string of the molecule is Nc1c(C(=O)Cl)cc(C(F)(F)F)c(Br)c1F. The van der Waals surface area contributed by atoms with Gasteiger partial charge in [0.25, 0.3) is 5.24 Å². The van der Waals surface area contributed by atoms with Crippen molar-refractivity contribution >= 4 is 38.5 Å². The molecular formula is C8H3BrClF4NO. The van der Waals surface area contributed by atoms with Gasteiger partial charge < -0.3 is 5.73 Å². The summed E-state index contributed by atoms with van der Waals surface area (Å²) in [5, 5.41) is -1.26. The zero-order valence-corrected chi connectivity index (χ0v) is 9.67. The normalized spacial score (nSPS) is 11.6. The van der Waals surface area contributed by atoms with Crippen molar-refractivity contribution in [2.24, 2.45) is 0 Å². The van der Waals surface area contributed by atoms with Gasteiger partial charge in [0, 0.05) is 0 Å². The van der Waals surface area contributed by atoms with Gasteiger partial charge in [-0.05, 0) is 33.6 Å². The van der Waals surface area contributed by atoms with Crippen molar-refractivity contribution in [3.63, 3.8) is 0 Å². The molecule has 0 amide bonds. The molecule has 0 aliphatic carbocycles. The molecule has 0 saturated heterocycles. The molecule has 0 aromatic heterocycles. The van der Waals surface area contributed by atoms with E-state index in [0.29, 0.717) is 6.07 Å². The highest BCUT2D eigenvalue weighted by atomic mass is 79.9. The maximum Gasteiger partial charge on any atom is 0.417 e. The van der Waals surface area contributed by atoms with E-state index in [1.807, 2.05) is 0 Å². The van der Waals surface area contributed by atoms with Gasteiger partial charge in [-0.1, -0.05) is 0 Å². The van der Waals surface area contributed by atoms with Gasteiger partial charge in [0.2, 0.25) is 0 Å². The third kappa shape index (κ3) is 2.30. The molecule has 88 valence electrons. The highest BCUT2D eigenvalue weighted by Crippen LogP contribution is 2.39. The molecule has 0 aliphatic heterocycles. The Kier molecular flexibility index (Phi) is 3.49. The van der Waals surface area contributed by atoms with E-state index in [2.05, 4.69) is 15.9 Å². The number of carbonyl (C=O) groups is 1.